The first-order valence-corrected chi connectivity index (χ1v) is 10.0. The molecule has 1 aliphatic carbocycles. The van der Waals surface area contributed by atoms with E-state index in [9.17, 15) is 14.4 Å². The van der Waals surface area contributed by atoms with Gasteiger partial charge in [0, 0.05) is 12.5 Å². The minimum atomic E-state index is -0.980. The Hall–Kier alpha value is -3.35. The van der Waals surface area contributed by atoms with Gasteiger partial charge in [0.25, 0.3) is 5.91 Å². The van der Waals surface area contributed by atoms with E-state index in [0.717, 1.165) is 24.0 Å². The van der Waals surface area contributed by atoms with Crippen molar-refractivity contribution in [3.8, 4) is 0 Å². The number of carbonyl (C=O) groups is 3. The maximum atomic E-state index is 12.7. The zero-order chi connectivity index (χ0) is 21.3. The van der Waals surface area contributed by atoms with Crippen molar-refractivity contribution >= 4 is 18.0 Å². The molecule has 2 amide bonds. The van der Waals surface area contributed by atoms with Gasteiger partial charge in [0.05, 0.1) is 0 Å². The van der Waals surface area contributed by atoms with Crippen LogP contribution in [0.3, 0.4) is 0 Å². The maximum absolute atomic E-state index is 12.7. The molecule has 3 rings (SSSR count). The Morgan fingerprint density at radius 3 is 2.17 bits per heavy atom. The lowest BCUT2D eigenvalue weighted by atomic mass is 10.1. The van der Waals surface area contributed by atoms with Crippen molar-refractivity contribution in [1.29, 1.82) is 0 Å². The number of rotatable bonds is 9. The first kappa shape index (κ1) is 21.4. The zero-order valence-corrected chi connectivity index (χ0v) is 16.9. The third-order valence-electron chi connectivity index (χ3n) is 4.66. The van der Waals surface area contributed by atoms with Gasteiger partial charge in [0.2, 0.25) is 0 Å². The van der Waals surface area contributed by atoms with Gasteiger partial charge in [-0.15, -0.1) is 0 Å². The van der Waals surface area contributed by atoms with Gasteiger partial charge < -0.3 is 20.1 Å². The normalized spacial score (nSPS) is 14.8. The minimum Gasteiger partial charge on any atom is -0.451 e. The lowest BCUT2D eigenvalue weighted by molar-refractivity contribution is -0.156. The van der Waals surface area contributed by atoms with E-state index in [1.165, 1.54) is 6.92 Å². The summed E-state index contributed by atoms with van der Waals surface area (Å²) < 4.78 is 10.5. The van der Waals surface area contributed by atoms with E-state index in [2.05, 4.69) is 10.6 Å². The summed E-state index contributed by atoms with van der Waals surface area (Å²) in [4.78, 5) is 37.1. The Morgan fingerprint density at radius 2 is 1.57 bits per heavy atom. The second-order valence-corrected chi connectivity index (χ2v) is 7.31. The van der Waals surface area contributed by atoms with Gasteiger partial charge >= 0.3 is 12.1 Å². The van der Waals surface area contributed by atoms with E-state index in [0.29, 0.717) is 0 Å². The number of amides is 2. The molecule has 0 aliphatic heterocycles. The molecule has 2 aromatic carbocycles. The molecule has 2 N–H and O–H groups in total. The average Bonchev–Trinajstić information content (AvgIpc) is 3.57. The first-order chi connectivity index (χ1) is 14.5. The number of esters is 1. The summed E-state index contributed by atoms with van der Waals surface area (Å²) in [5.41, 5.74) is 1.68. The van der Waals surface area contributed by atoms with Crippen LogP contribution < -0.4 is 10.6 Å². The van der Waals surface area contributed by atoms with Crippen LogP contribution in [0.5, 0.6) is 0 Å². The van der Waals surface area contributed by atoms with E-state index >= 15 is 0 Å². The quantitative estimate of drug-likeness (QED) is 0.620. The second-order valence-electron chi connectivity index (χ2n) is 7.31. The molecule has 0 bridgehead atoms. The number of hydrogen-bond donors (Lipinski definition) is 2. The lowest BCUT2D eigenvalue weighted by Gasteiger charge is -2.20. The van der Waals surface area contributed by atoms with E-state index in [-0.39, 0.29) is 25.0 Å². The molecule has 158 valence electrons. The summed E-state index contributed by atoms with van der Waals surface area (Å²) in [5.74, 6) is -1.02. The van der Waals surface area contributed by atoms with Crippen molar-refractivity contribution in [3.05, 3.63) is 71.8 Å². The molecule has 2 aromatic rings. The van der Waals surface area contributed by atoms with Gasteiger partial charge in [-0.25, -0.2) is 9.59 Å². The molecule has 0 heterocycles. The standard InChI is InChI=1S/C23H26N2O5/c1-16(21(26)24-19-12-13-19)30-22(27)20(14-17-8-4-2-5-9-17)25-23(28)29-15-18-10-6-3-7-11-18/h2-11,16,19-20H,12-15H2,1H3,(H,24,26)(H,25,28)/t16-,20-/m0/s1. The summed E-state index contributed by atoms with van der Waals surface area (Å²) in [7, 11) is 0. The molecular weight excluding hydrogens is 384 g/mol. The largest absolute Gasteiger partial charge is 0.451 e. The van der Waals surface area contributed by atoms with Gasteiger partial charge in [0.1, 0.15) is 12.6 Å². The fraction of sp³-hybridized carbons (Fsp3) is 0.348. The summed E-state index contributed by atoms with van der Waals surface area (Å²) in [6.45, 7) is 1.60. The molecular formula is C23H26N2O5. The smallest absolute Gasteiger partial charge is 0.408 e. The number of hydrogen-bond acceptors (Lipinski definition) is 5. The van der Waals surface area contributed by atoms with Crippen molar-refractivity contribution in [2.75, 3.05) is 0 Å². The first-order valence-electron chi connectivity index (χ1n) is 10.0. The van der Waals surface area contributed by atoms with Crippen LogP contribution in [0, 0.1) is 0 Å². The molecule has 0 radical (unpaired) electrons. The average molecular weight is 410 g/mol. The van der Waals surface area contributed by atoms with E-state index in [1.54, 1.807) is 0 Å². The van der Waals surface area contributed by atoms with E-state index in [4.69, 9.17) is 9.47 Å². The number of carbonyl (C=O) groups excluding carboxylic acids is 3. The van der Waals surface area contributed by atoms with Crippen LogP contribution in [-0.2, 0) is 32.1 Å². The van der Waals surface area contributed by atoms with Crippen LogP contribution in [0.1, 0.15) is 30.9 Å². The lowest BCUT2D eigenvalue weighted by Crippen LogP contribution is -2.46. The predicted molar refractivity (Wildman–Crippen MR) is 110 cm³/mol. The third-order valence-corrected chi connectivity index (χ3v) is 4.66. The van der Waals surface area contributed by atoms with Gasteiger partial charge in [-0.05, 0) is 30.9 Å². The summed E-state index contributed by atoms with van der Waals surface area (Å²) in [5, 5.41) is 5.36. The molecule has 0 unspecified atom stereocenters. The van der Waals surface area contributed by atoms with Crippen molar-refractivity contribution in [3.63, 3.8) is 0 Å². The highest BCUT2D eigenvalue weighted by atomic mass is 16.6. The zero-order valence-electron chi connectivity index (χ0n) is 16.9. The second kappa shape index (κ2) is 10.4. The number of nitrogens with one attached hydrogen (secondary N) is 2. The molecule has 1 fully saturated rings. The van der Waals surface area contributed by atoms with Gasteiger partial charge in [0.15, 0.2) is 6.10 Å². The molecule has 0 aromatic heterocycles. The highest BCUT2D eigenvalue weighted by molar-refractivity contribution is 5.86. The molecule has 0 spiro atoms. The monoisotopic (exact) mass is 410 g/mol. The van der Waals surface area contributed by atoms with Gasteiger partial charge in [-0.3, -0.25) is 4.79 Å². The molecule has 7 heteroatoms. The highest BCUT2D eigenvalue weighted by Gasteiger charge is 2.30. The SMILES string of the molecule is C[C@H](OC(=O)[C@H](Cc1ccccc1)NC(=O)OCc1ccccc1)C(=O)NC1CC1. The summed E-state index contributed by atoms with van der Waals surface area (Å²) in [6, 6.07) is 17.7. The van der Waals surface area contributed by atoms with Crippen molar-refractivity contribution in [2.24, 2.45) is 0 Å². The summed E-state index contributed by atoms with van der Waals surface area (Å²) >= 11 is 0. The van der Waals surface area contributed by atoms with E-state index < -0.39 is 24.2 Å². The summed E-state index contributed by atoms with van der Waals surface area (Å²) in [6.07, 6.45) is 0.428. The fourth-order valence-electron chi connectivity index (χ4n) is 2.81. The molecule has 7 nitrogen and oxygen atoms in total. The van der Waals surface area contributed by atoms with Gasteiger partial charge in [-0.1, -0.05) is 60.7 Å². The molecule has 1 saturated carbocycles. The fourth-order valence-corrected chi connectivity index (χ4v) is 2.81. The number of alkyl carbamates (subject to hydrolysis) is 1. The molecule has 30 heavy (non-hydrogen) atoms. The van der Waals surface area contributed by atoms with Crippen LogP contribution in [0.2, 0.25) is 0 Å². The highest BCUT2D eigenvalue weighted by Crippen LogP contribution is 2.19. The van der Waals surface area contributed by atoms with Crippen molar-refractivity contribution in [1.82, 2.24) is 10.6 Å². The van der Waals surface area contributed by atoms with Crippen LogP contribution in [0.15, 0.2) is 60.7 Å². The number of benzene rings is 2. The molecule has 2 atom stereocenters. The minimum absolute atomic E-state index is 0.0833. The Kier molecular flexibility index (Phi) is 7.43. The van der Waals surface area contributed by atoms with Crippen LogP contribution in [-0.4, -0.2) is 36.2 Å². The van der Waals surface area contributed by atoms with Crippen LogP contribution in [0.4, 0.5) is 4.79 Å². The topological polar surface area (TPSA) is 93.7 Å². The van der Waals surface area contributed by atoms with Crippen molar-refractivity contribution < 1.29 is 23.9 Å². The van der Waals surface area contributed by atoms with Crippen LogP contribution >= 0.6 is 0 Å². The Morgan fingerprint density at radius 1 is 0.967 bits per heavy atom. The van der Waals surface area contributed by atoms with E-state index in [1.807, 2.05) is 60.7 Å². The molecule has 1 aliphatic rings. The number of ether oxygens (including phenoxy) is 2. The third kappa shape index (κ3) is 6.92. The Labute approximate surface area is 175 Å². The Bertz CT molecular complexity index is 852. The van der Waals surface area contributed by atoms with Crippen LogP contribution in [0.25, 0.3) is 0 Å². The Balaban J connectivity index is 1.59. The predicted octanol–water partition coefficient (Wildman–Crippen LogP) is 2.73. The van der Waals surface area contributed by atoms with Gasteiger partial charge in [-0.2, -0.15) is 0 Å². The van der Waals surface area contributed by atoms with Crippen molar-refractivity contribution in [2.45, 2.75) is 51.0 Å². The molecule has 0 saturated heterocycles. The maximum Gasteiger partial charge on any atom is 0.408 e.